The van der Waals surface area contributed by atoms with Gasteiger partial charge in [0, 0.05) is 63.1 Å². The summed E-state index contributed by atoms with van der Waals surface area (Å²) in [6.45, 7) is 5.80. The van der Waals surface area contributed by atoms with E-state index in [0.717, 1.165) is 48.4 Å². The number of rotatable bonds is 7. The molecule has 0 spiro atoms. The molecule has 0 bridgehead atoms. The van der Waals surface area contributed by atoms with Gasteiger partial charge in [-0.2, -0.15) is 0 Å². The molecule has 4 heterocycles. The van der Waals surface area contributed by atoms with Crippen LogP contribution < -0.4 is 4.90 Å². The first-order chi connectivity index (χ1) is 14.8. The summed E-state index contributed by atoms with van der Waals surface area (Å²) < 4.78 is 2.08. The lowest BCUT2D eigenvalue weighted by Gasteiger charge is -2.35. The van der Waals surface area contributed by atoms with E-state index < -0.39 is 0 Å². The molecule has 0 N–H and O–H groups in total. The molecule has 1 fully saturated rings. The fraction of sp³-hybridized carbons (Fsp3) is 0.400. The molecule has 1 aliphatic rings. The van der Waals surface area contributed by atoms with Crippen molar-refractivity contribution in [1.29, 1.82) is 0 Å². The Bertz CT molecular complexity index is 957. The smallest absolute Gasteiger partial charge is 0.233 e. The van der Waals surface area contributed by atoms with E-state index in [2.05, 4.69) is 41.5 Å². The standard InChI is InChI=1S/C20H24N8OS/c1-2-9-28-19(16-3-5-21-6-4-16)24-25-20(28)30-15-18(29)27-12-10-26(11-13-27)17-14-22-7-8-23-17/h3-8,14H,2,9-13,15H2,1H3. The number of pyridine rings is 1. The molecule has 0 aliphatic carbocycles. The van der Waals surface area contributed by atoms with Crippen molar-refractivity contribution >= 4 is 23.5 Å². The van der Waals surface area contributed by atoms with Gasteiger partial charge in [0.1, 0.15) is 5.82 Å². The number of aromatic nitrogens is 6. The second-order valence-corrected chi connectivity index (χ2v) is 7.86. The van der Waals surface area contributed by atoms with Crippen molar-refractivity contribution in [2.45, 2.75) is 25.0 Å². The van der Waals surface area contributed by atoms with Gasteiger partial charge in [0.05, 0.1) is 11.9 Å². The van der Waals surface area contributed by atoms with Crippen LogP contribution in [0.1, 0.15) is 13.3 Å². The Kier molecular flexibility index (Phi) is 6.53. The second-order valence-electron chi connectivity index (χ2n) is 6.91. The predicted molar refractivity (Wildman–Crippen MR) is 115 cm³/mol. The molecule has 0 radical (unpaired) electrons. The maximum absolute atomic E-state index is 12.8. The van der Waals surface area contributed by atoms with Crippen molar-refractivity contribution in [3.8, 4) is 11.4 Å². The van der Waals surface area contributed by atoms with Crippen LogP contribution in [-0.2, 0) is 11.3 Å². The highest BCUT2D eigenvalue weighted by Gasteiger charge is 2.23. The van der Waals surface area contributed by atoms with Crippen LogP contribution in [0.5, 0.6) is 0 Å². The number of anilines is 1. The van der Waals surface area contributed by atoms with Gasteiger partial charge >= 0.3 is 0 Å². The fourth-order valence-electron chi connectivity index (χ4n) is 3.39. The number of hydrogen-bond acceptors (Lipinski definition) is 8. The molecule has 30 heavy (non-hydrogen) atoms. The van der Waals surface area contributed by atoms with E-state index in [1.807, 2.05) is 17.0 Å². The summed E-state index contributed by atoms with van der Waals surface area (Å²) in [6, 6.07) is 3.85. The first kappa shape index (κ1) is 20.3. The van der Waals surface area contributed by atoms with Crippen LogP contribution in [0.4, 0.5) is 5.82 Å². The summed E-state index contributed by atoms with van der Waals surface area (Å²) in [6.07, 6.45) is 9.57. The van der Waals surface area contributed by atoms with Crippen LogP contribution in [0.25, 0.3) is 11.4 Å². The van der Waals surface area contributed by atoms with E-state index >= 15 is 0 Å². The number of thioether (sulfide) groups is 1. The Balaban J connectivity index is 1.36. The van der Waals surface area contributed by atoms with Crippen molar-refractivity contribution in [2.75, 3.05) is 36.8 Å². The molecule has 0 aromatic carbocycles. The summed E-state index contributed by atoms with van der Waals surface area (Å²) in [5.74, 6) is 2.14. The molecule has 3 aromatic heterocycles. The third-order valence-electron chi connectivity index (χ3n) is 4.93. The van der Waals surface area contributed by atoms with Crippen molar-refractivity contribution in [2.24, 2.45) is 0 Å². The minimum absolute atomic E-state index is 0.121. The lowest BCUT2D eigenvalue weighted by molar-refractivity contribution is -0.128. The highest BCUT2D eigenvalue weighted by atomic mass is 32.2. The second kappa shape index (κ2) is 9.66. The van der Waals surface area contributed by atoms with Crippen molar-refractivity contribution in [3.05, 3.63) is 43.1 Å². The SMILES string of the molecule is CCCn1c(SCC(=O)N2CCN(c3cnccn3)CC2)nnc1-c1ccncc1. The first-order valence-electron chi connectivity index (χ1n) is 10.0. The molecule has 0 saturated carbocycles. The third kappa shape index (κ3) is 4.59. The Hall–Kier alpha value is -3.01. The molecule has 3 aromatic rings. The van der Waals surface area contributed by atoms with Gasteiger partial charge in [0.2, 0.25) is 5.91 Å². The van der Waals surface area contributed by atoms with E-state index in [0.29, 0.717) is 18.8 Å². The summed E-state index contributed by atoms with van der Waals surface area (Å²) >= 11 is 1.45. The zero-order valence-electron chi connectivity index (χ0n) is 16.9. The Morgan fingerprint density at radius 2 is 1.83 bits per heavy atom. The van der Waals surface area contributed by atoms with Crippen LogP contribution in [0.15, 0.2) is 48.3 Å². The van der Waals surface area contributed by atoms with Gasteiger partial charge in [-0.1, -0.05) is 18.7 Å². The van der Waals surface area contributed by atoms with Crippen LogP contribution in [0.2, 0.25) is 0 Å². The van der Waals surface area contributed by atoms with Gasteiger partial charge < -0.3 is 14.4 Å². The highest BCUT2D eigenvalue weighted by Crippen LogP contribution is 2.24. The van der Waals surface area contributed by atoms with Crippen molar-refractivity contribution < 1.29 is 4.79 Å². The average molecular weight is 425 g/mol. The van der Waals surface area contributed by atoms with Gasteiger partial charge in [-0.3, -0.25) is 14.8 Å². The number of nitrogens with zero attached hydrogens (tertiary/aromatic N) is 8. The van der Waals surface area contributed by atoms with E-state index in [1.165, 1.54) is 11.8 Å². The van der Waals surface area contributed by atoms with Crippen molar-refractivity contribution in [1.82, 2.24) is 34.6 Å². The third-order valence-corrected chi connectivity index (χ3v) is 5.88. The molecular formula is C20H24N8OS. The molecule has 1 aliphatic heterocycles. The fourth-order valence-corrected chi connectivity index (χ4v) is 4.26. The molecule has 0 atom stereocenters. The monoisotopic (exact) mass is 424 g/mol. The minimum atomic E-state index is 0.121. The largest absolute Gasteiger partial charge is 0.352 e. The van der Waals surface area contributed by atoms with Crippen LogP contribution in [0.3, 0.4) is 0 Å². The Morgan fingerprint density at radius 1 is 1.03 bits per heavy atom. The van der Waals surface area contributed by atoms with E-state index in [1.54, 1.807) is 31.0 Å². The van der Waals surface area contributed by atoms with E-state index in [9.17, 15) is 4.79 Å². The molecule has 1 amide bonds. The number of carbonyl (C=O) groups is 1. The Labute approximate surface area is 179 Å². The molecule has 10 heteroatoms. The van der Waals surface area contributed by atoms with Gasteiger partial charge in [-0.15, -0.1) is 10.2 Å². The quantitative estimate of drug-likeness (QED) is 0.532. The van der Waals surface area contributed by atoms with Gasteiger partial charge in [-0.05, 0) is 18.6 Å². The number of piperazine rings is 1. The maximum Gasteiger partial charge on any atom is 0.233 e. The number of amides is 1. The minimum Gasteiger partial charge on any atom is -0.352 e. The lowest BCUT2D eigenvalue weighted by Crippen LogP contribution is -2.49. The molecule has 0 unspecified atom stereocenters. The summed E-state index contributed by atoms with van der Waals surface area (Å²) in [4.78, 5) is 29.3. The first-order valence-corrected chi connectivity index (χ1v) is 11.0. The zero-order chi connectivity index (χ0) is 20.8. The highest BCUT2D eigenvalue weighted by molar-refractivity contribution is 7.99. The molecule has 1 saturated heterocycles. The molecule has 4 rings (SSSR count). The topological polar surface area (TPSA) is 92.9 Å². The van der Waals surface area contributed by atoms with Crippen LogP contribution in [-0.4, -0.2) is 72.5 Å². The van der Waals surface area contributed by atoms with Gasteiger partial charge in [0.15, 0.2) is 11.0 Å². The van der Waals surface area contributed by atoms with Crippen LogP contribution >= 0.6 is 11.8 Å². The zero-order valence-corrected chi connectivity index (χ0v) is 17.7. The summed E-state index contributed by atoms with van der Waals surface area (Å²) in [5.41, 5.74) is 0.976. The summed E-state index contributed by atoms with van der Waals surface area (Å²) in [5, 5.41) is 9.47. The van der Waals surface area contributed by atoms with E-state index in [-0.39, 0.29) is 5.91 Å². The Morgan fingerprint density at radius 3 is 2.53 bits per heavy atom. The van der Waals surface area contributed by atoms with E-state index in [4.69, 9.17) is 0 Å². The number of hydrogen-bond donors (Lipinski definition) is 0. The van der Waals surface area contributed by atoms with Gasteiger partial charge in [-0.25, -0.2) is 4.98 Å². The maximum atomic E-state index is 12.8. The van der Waals surface area contributed by atoms with Gasteiger partial charge in [0.25, 0.3) is 0 Å². The molecule has 9 nitrogen and oxygen atoms in total. The van der Waals surface area contributed by atoms with Crippen LogP contribution in [0, 0.1) is 0 Å². The molecule has 156 valence electrons. The number of carbonyl (C=O) groups excluding carboxylic acids is 1. The predicted octanol–water partition coefficient (Wildman–Crippen LogP) is 1.98. The van der Waals surface area contributed by atoms with Crippen molar-refractivity contribution in [3.63, 3.8) is 0 Å². The average Bonchev–Trinajstić information content (AvgIpc) is 3.21. The normalized spacial score (nSPS) is 14.2. The molecular weight excluding hydrogens is 400 g/mol. The summed E-state index contributed by atoms with van der Waals surface area (Å²) in [7, 11) is 0. The lowest BCUT2D eigenvalue weighted by atomic mass is 10.2.